The SMILES string of the molecule is O=P(O)(OCCC(Br)Br)OC(Cl)CCCl. The first-order valence-corrected chi connectivity index (χ1v) is 8.31. The van der Waals surface area contributed by atoms with Gasteiger partial charge in [0.05, 0.1) is 10.3 Å². The zero-order chi connectivity index (χ0) is 11.9. The highest BCUT2D eigenvalue weighted by Gasteiger charge is 2.25. The summed E-state index contributed by atoms with van der Waals surface area (Å²) in [5, 5.41) is 0. The Morgan fingerprint density at radius 2 is 2.00 bits per heavy atom. The highest BCUT2D eigenvalue weighted by atomic mass is 79.9. The van der Waals surface area contributed by atoms with Crippen LogP contribution in [-0.2, 0) is 13.6 Å². The maximum atomic E-state index is 11.2. The van der Waals surface area contributed by atoms with E-state index in [1.807, 2.05) is 0 Å². The topological polar surface area (TPSA) is 55.8 Å². The van der Waals surface area contributed by atoms with Crippen LogP contribution in [0.1, 0.15) is 12.8 Å². The van der Waals surface area contributed by atoms with Gasteiger partial charge in [0.2, 0.25) is 0 Å². The van der Waals surface area contributed by atoms with Crippen LogP contribution in [0.4, 0.5) is 0 Å². The molecule has 92 valence electrons. The van der Waals surface area contributed by atoms with Crippen molar-refractivity contribution < 1.29 is 18.5 Å². The third kappa shape index (κ3) is 10.5. The second kappa shape index (κ2) is 8.70. The van der Waals surface area contributed by atoms with Crippen molar-refractivity contribution in [3.63, 3.8) is 0 Å². The van der Waals surface area contributed by atoms with E-state index in [0.717, 1.165) is 0 Å². The minimum Gasteiger partial charge on any atom is -0.302 e. The van der Waals surface area contributed by atoms with Gasteiger partial charge in [0.15, 0.2) is 0 Å². The number of phosphoric ester groups is 1. The predicted molar refractivity (Wildman–Crippen MR) is 68.1 cm³/mol. The van der Waals surface area contributed by atoms with Gasteiger partial charge in [-0.15, -0.1) is 11.6 Å². The van der Waals surface area contributed by atoms with Gasteiger partial charge in [0.1, 0.15) is 5.56 Å². The first-order chi connectivity index (χ1) is 6.87. The molecule has 4 nitrogen and oxygen atoms in total. The molecule has 0 aromatic carbocycles. The molecule has 0 amide bonds. The molecule has 0 aliphatic rings. The molecule has 0 fully saturated rings. The Balaban J connectivity index is 3.81. The quantitative estimate of drug-likeness (QED) is 0.490. The zero-order valence-corrected chi connectivity index (χ0v) is 13.2. The molecule has 15 heavy (non-hydrogen) atoms. The summed E-state index contributed by atoms with van der Waals surface area (Å²) in [5.74, 6) is 0.249. The number of phosphoric acid groups is 1. The fourth-order valence-corrected chi connectivity index (χ4v) is 2.46. The van der Waals surface area contributed by atoms with E-state index in [2.05, 4.69) is 40.9 Å². The minimum absolute atomic E-state index is 0.0274. The van der Waals surface area contributed by atoms with Gasteiger partial charge in [-0.1, -0.05) is 43.5 Å². The van der Waals surface area contributed by atoms with Crippen LogP contribution in [0.2, 0.25) is 0 Å². The maximum absolute atomic E-state index is 11.2. The monoisotopic (exact) mass is 406 g/mol. The number of rotatable bonds is 8. The lowest BCUT2D eigenvalue weighted by molar-refractivity contribution is 0.136. The van der Waals surface area contributed by atoms with Crippen molar-refractivity contribution >= 4 is 62.9 Å². The van der Waals surface area contributed by atoms with Crippen LogP contribution in [-0.4, -0.2) is 26.7 Å². The van der Waals surface area contributed by atoms with E-state index in [1.54, 1.807) is 0 Å². The van der Waals surface area contributed by atoms with E-state index >= 15 is 0 Å². The molecule has 0 bridgehead atoms. The average molecular weight is 409 g/mol. The molecule has 0 saturated carbocycles. The van der Waals surface area contributed by atoms with Gasteiger partial charge in [0, 0.05) is 12.3 Å². The average Bonchev–Trinajstić information content (AvgIpc) is 2.01. The van der Waals surface area contributed by atoms with Gasteiger partial charge in [-0.2, -0.15) is 0 Å². The second-order valence-corrected chi connectivity index (χ2v) is 8.18. The molecule has 0 aromatic heterocycles. The highest BCUT2D eigenvalue weighted by Crippen LogP contribution is 2.46. The Hall–Kier alpha value is 1.65. The van der Waals surface area contributed by atoms with Crippen molar-refractivity contribution in [3.8, 4) is 0 Å². The van der Waals surface area contributed by atoms with Crippen molar-refractivity contribution in [1.29, 1.82) is 0 Å². The molecule has 1 N–H and O–H groups in total. The Kier molecular flexibility index (Phi) is 9.66. The van der Waals surface area contributed by atoms with Crippen molar-refractivity contribution in [3.05, 3.63) is 0 Å². The maximum Gasteiger partial charge on any atom is 0.473 e. The van der Waals surface area contributed by atoms with Crippen LogP contribution < -0.4 is 0 Å². The smallest absolute Gasteiger partial charge is 0.302 e. The summed E-state index contributed by atoms with van der Waals surface area (Å²) < 4.78 is 20.5. The van der Waals surface area contributed by atoms with Crippen LogP contribution in [0.25, 0.3) is 0 Å². The number of hydrogen-bond acceptors (Lipinski definition) is 3. The fraction of sp³-hybridized carbons (Fsp3) is 1.00. The molecule has 0 spiro atoms. The molecule has 0 saturated heterocycles. The molecule has 0 aromatic rings. The molecule has 0 aliphatic heterocycles. The summed E-state index contributed by atoms with van der Waals surface area (Å²) >= 11 is 17.3. The van der Waals surface area contributed by atoms with E-state index < -0.39 is 13.4 Å². The largest absolute Gasteiger partial charge is 0.473 e. The lowest BCUT2D eigenvalue weighted by Gasteiger charge is -2.15. The lowest BCUT2D eigenvalue weighted by atomic mass is 10.5. The summed E-state index contributed by atoms with van der Waals surface area (Å²) in [7, 11) is -4.07. The number of hydrogen-bond donors (Lipinski definition) is 1. The molecule has 9 heteroatoms. The second-order valence-electron chi connectivity index (χ2n) is 2.47. The van der Waals surface area contributed by atoms with Gasteiger partial charge < -0.3 is 4.89 Å². The zero-order valence-electron chi connectivity index (χ0n) is 7.61. The summed E-state index contributed by atoms with van der Waals surface area (Å²) in [6.07, 6.45) is 0.799. The minimum atomic E-state index is -4.07. The number of alkyl halides is 4. The molecule has 2 atom stereocenters. The molecule has 0 rings (SSSR count). The molecule has 0 radical (unpaired) electrons. The summed E-state index contributed by atoms with van der Waals surface area (Å²) in [4.78, 5) is 9.18. The number of halogens is 4. The van der Waals surface area contributed by atoms with Gasteiger partial charge in [-0.25, -0.2) is 4.57 Å². The normalized spacial score (nSPS) is 17.7. The molecular weight excluding hydrogens is 398 g/mol. The summed E-state index contributed by atoms with van der Waals surface area (Å²) in [6.45, 7) is 0.0828. The van der Waals surface area contributed by atoms with Crippen molar-refractivity contribution in [2.45, 2.75) is 22.1 Å². The Morgan fingerprint density at radius 3 is 2.47 bits per heavy atom. The fourth-order valence-electron chi connectivity index (χ4n) is 0.571. The van der Waals surface area contributed by atoms with Crippen molar-refractivity contribution in [2.24, 2.45) is 0 Å². The van der Waals surface area contributed by atoms with Crippen LogP contribution in [0.3, 0.4) is 0 Å². The Morgan fingerprint density at radius 1 is 1.40 bits per heavy atom. The molecule has 0 aliphatic carbocycles. The molecule has 2 unspecified atom stereocenters. The first-order valence-electron chi connectivity index (χ1n) is 4.01. The van der Waals surface area contributed by atoms with Gasteiger partial charge in [-0.05, 0) is 6.42 Å². The third-order valence-corrected chi connectivity index (χ3v) is 3.77. The van der Waals surface area contributed by atoms with Gasteiger partial charge in [-0.3, -0.25) is 9.05 Å². The van der Waals surface area contributed by atoms with Gasteiger partial charge in [0.25, 0.3) is 0 Å². The van der Waals surface area contributed by atoms with Crippen LogP contribution >= 0.6 is 62.9 Å². The highest BCUT2D eigenvalue weighted by molar-refractivity contribution is 9.24. The van der Waals surface area contributed by atoms with Crippen LogP contribution in [0.15, 0.2) is 0 Å². The van der Waals surface area contributed by atoms with Crippen LogP contribution in [0, 0.1) is 0 Å². The third-order valence-electron chi connectivity index (χ3n) is 1.17. The van der Waals surface area contributed by atoms with E-state index in [9.17, 15) is 9.46 Å². The van der Waals surface area contributed by atoms with Gasteiger partial charge >= 0.3 is 7.82 Å². The first kappa shape index (κ1) is 16.6. The van der Waals surface area contributed by atoms with E-state index in [4.69, 9.17) is 23.2 Å². The van der Waals surface area contributed by atoms with E-state index in [1.165, 1.54) is 0 Å². The Bertz CT molecular complexity index is 219. The van der Waals surface area contributed by atoms with E-state index in [-0.39, 0.29) is 22.6 Å². The molecular formula is C6H11Br2Cl2O4P. The summed E-state index contributed by atoms with van der Waals surface area (Å²) in [5.41, 5.74) is -0.915. The van der Waals surface area contributed by atoms with Crippen LogP contribution in [0.5, 0.6) is 0 Å². The van der Waals surface area contributed by atoms with E-state index in [0.29, 0.717) is 6.42 Å². The lowest BCUT2D eigenvalue weighted by Crippen LogP contribution is -2.07. The molecule has 0 heterocycles. The summed E-state index contributed by atoms with van der Waals surface area (Å²) in [6, 6.07) is 0. The standard InChI is InChI=1S/C6H11Br2Cl2O4P/c7-5(8)2-4-13-15(11,12)14-6(10)1-3-9/h5-6H,1-4H2,(H,11,12). The predicted octanol–water partition coefficient (Wildman–Crippen LogP) is 3.82. The van der Waals surface area contributed by atoms with Crippen molar-refractivity contribution in [2.75, 3.05) is 12.5 Å². The Labute approximate surface area is 115 Å². The van der Waals surface area contributed by atoms with Crippen molar-refractivity contribution in [1.82, 2.24) is 0 Å².